The maximum Gasteiger partial charge on any atom is 0.328 e. The second-order valence-electron chi connectivity index (χ2n) is 6.02. The highest BCUT2D eigenvalue weighted by molar-refractivity contribution is 5.82. The predicted molar refractivity (Wildman–Crippen MR) is 88.7 cm³/mol. The minimum absolute atomic E-state index is 0.108. The molecule has 0 saturated heterocycles. The lowest BCUT2D eigenvalue weighted by Gasteiger charge is -2.42. The fraction of sp³-hybridized carbons (Fsp3) is 0.474. The van der Waals surface area contributed by atoms with Crippen LogP contribution in [0.2, 0.25) is 0 Å². The first-order chi connectivity index (χ1) is 11.0. The summed E-state index contributed by atoms with van der Waals surface area (Å²) in [7, 11) is 0. The third-order valence-corrected chi connectivity index (χ3v) is 4.72. The van der Waals surface area contributed by atoms with E-state index in [0.29, 0.717) is 25.9 Å². The van der Waals surface area contributed by atoms with Gasteiger partial charge in [0.2, 0.25) is 0 Å². The minimum atomic E-state index is -0.961. The third kappa shape index (κ3) is 3.81. The predicted octanol–water partition coefficient (Wildman–Crippen LogP) is 3.74. The molecule has 0 aliphatic heterocycles. The first kappa shape index (κ1) is 17.3. The van der Waals surface area contributed by atoms with Gasteiger partial charge in [-0.3, -0.25) is 4.79 Å². The molecule has 0 spiro atoms. The van der Waals surface area contributed by atoms with Crippen LogP contribution in [0.1, 0.15) is 45.1 Å². The SMILES string of the molecule is CCOc1cccc(C2(C=CC(=O)O)CCC(=O)CC2CC)c1. The standard InChI is InChI=1S/C19H24O4/c1-3-14-12-16(20)8-10-19(14,11-9-18(21)22)15-6-5-7-17(13-15)23-4-2/h5-7,9,11,13-14H,3-4,8,10,12H2,1-2H3,(H,21,22). The number of allylic oxidation sites excluding steroid dienone is 1. The smallest absolute Gasteiger partial charge is 0.328 e. The van der Waals surface area contributed by atoms with Crippen LogP contribution in [0.25, 0.3) is 0 Å². The van der Waals surface area contributed by atoms with Crippen molar-refractivity contribution in [3.8, 4) is 5.75 Å². The van der Waals surface area contributed by atoms with Crippen LogP contribution in [0.5, 0.6) is 5.75 Å². The van der Waals surface area contributed by atoms with E-state index < -0.39 is 11.4 Å². The molecular weight excluding hydrogens is 292 g/mol. The van der Waals surface area contributed by atoms with Gasteiger partial charge in [0, 0.05) is 24.3 Å². The molecule has 4 heteroatoms. The number of Topliss-reactive ketones (excluding diaryl/α,β-unsaturated/α-hetero) is 1. The molecule has 0 bridgehead atoms. The molecule has 0 aromatic heterocycles. The third-order valence-electron chi connectivity index (χ3n) is 4.72. The van der Waals surface area contributed by atoms with Crippen molar-refractivity contribution >= 4 is 11.8 Å². The van der Waals surface area contributed by atoms with E-state index in [-0.39, 0.29) is 11.7 Å². The van der Waals surface area contributed by atoms with Crippen molar-refractivity contribution in [3.63, 3.8) is 0 Å². The van der Waals surface area contributed by atoms with Crippen molar-refractivity contribution in [2.45, 2.75) is 44.9 Å². The van der Waals surface area contributed by atoms with Gasteiger partial charge in [0.1, 0.15) is 11.5 Å². The molecule has 0 heterocycles. The van der Waals surface area contributed by atoms with E-state index in [1.54, 1.807) is 6.08 Å². The fourth-order valence-corrected chi connectivity index (χ4v) is 3.58. The van der Waals surface area contributed by atoms with Gasteiger partial charge in [0.05, 0.1) is 6.61 Å². The lowest BCUT2D eigenvalue weighted by atomic mass is 9.61. The molecule has 2 unspecified atom stereocenters. The van der Waals surface area contributed by atoms with Crippen molar-refractivity contribution in [3.05, 3.63) is 42.0 Å². The van der Waals surface area contributed by atoms with E-state index in [1.807, 2.05) is 31.2 Å². The summed E-state index contributed by atoms with van der Waals surface area (Å²) in [5, 5.41) is 9.08. The first-order valence-corrected chi connectivity index (χ1v) is 8.19. The topological polar surface area (TPSA) is 63.6 Å². The number of carbonyl (C=O) groups is 2. The van der Waals surface area contributed by atoms with Crippen LogP contribution in [0.3, 0.4) is 0 Å². The normalized spacial score (nSPS) is 24.8. The van der Waals surface area contributed by atoms with Crippen LogP contribution < -0.4 is 4.74 Å². The van der Waals surface area contributed by atoms with Crippen LogP contribution >= 0.6 is 0 Å². The Kier molecular flexibility index (Phi) is 5.59. The number of benzene rings is 1. The molecule has 1 aromatic carbocycles. The number of aliphatic carboxylic acids is 1. The fourth-order valence-electron chi connectivity index (χ4n) is 3.58. The lowest BCUT2D eigenvalue weighted by Crippen LogP contribution is -2.39. The second-order valence-corrected chi connectivity index (χ2v) is 6.02. The molecule has 1 N–H and O–H groups in total. The zero-order valence-electron chi connectivity index (χ0n) is 13.7. The van der Waals surface area contributed by atoms with Gasteiger partial charge < -0.3 is 9.84 Å². The molecule has 4 nitrogen and oxygen atoms in total. The Bertz CT molecular complexity index is 605. The van der Waals surface area contributed by atoms with E-state index in [1.165, 1.54) is 6.08 Å². The van der Waals surface area contributed by atoms with Gasteiger partial charge >= 0.3 is 5.97 Å². The molecular formula is C19H24O4. The Morgan fingerprint density at radius 1 is 1.43 bits per heavy atom. The Labute approximate surface area is 137 Å². The van der Waals surface area contributed by atoms with Gasteiger partial charge in [-0.1, -0.05) is 31.6 Å². The quantitative estimate of drug-likeness (QED) is 0.812. The number of hydrogen-bond acceptors (Lipinski definition) is 3. The van der Waals surface area contributed by atoms with Crippen molar-refractivity contribution < 1.29 is 19.4 Å². The Balaban J connectivity index is 2.50. The molecule has 124 valence electrons. The number of ketones is 1. The molecule has 1 aliphatic rings. The van der Waals surface area contributed by atoms with Crippen LogP contribution in [-0.4, -0.2) is 23.5 Å². The van der Waals surface area contributed by atoms with Gasteiger partial charge in [0.25, 0.3) is 0 Å². The van der Waals surface area contributed by atoms with Crippen molar-refractivity contribution in [2.24, 2.45) is 5.92 Å². The molecule has 23 heavy (non-hydrogen) atoms. The number of rotatable bonds is 6. The van der Waals surface area contributed by atoms with Gasteiger partial charge in [-0.05, 0) is 37.0 Å². The first-order valence-electron chi connectivity index (χ1n) is 8.19. The van der Waals surface area contributed by atoms with Gasteiger partial charge in [-0.15, -0.1) is 0 Å². The number of carboxylic acid groups (broad SMARTS) is 1. The summed E-state index contributed by atoms with van der Waals surface area (Å²) in [5.74, 6) is 0.185. The molecule has 2 atom stereocenters. The van der Waals surface area contributed by atoms with Crippen LogP contribution in [0.15, 0.2) is 36.4 Å². The molecule has 0 amide bonds. The van der Waals surface area contributed by atoms with E-state index >= 15 is 0 Å². The summed E-state index contributed by atoms with van der Waals surface area (Å²) in [5.41, 5.74) is 0.606. The van der Waals surface area contributed by atoms with Crippen molar-refractivity contribution in [1.29, 1.82) is 0 Å². The zero-order chi connectivity index (χ0) is 16.9. The highest BCUT2D eigenvalue weighted by Crippen LogP contribution is 2.46. The summed E-state index contributed by atoms with van der Waals surface area (Å²) in [4.78, 5) is 23.0. The Morgan fingerprint density at radius 3 is 2.87 bits per heavy atom. The largest absolute Gasteiger partial charge is 0.494 e. The van der Waals surface area contributed by atoms with Gasteiger partial charge in [0.15, 0.2) is 0 Å². The monoisotopic (exact) mass is 316 g/mol. The molecule has 1 aliphatic carbocycles. The zero-order valence-corrected chi connectivity index (χ0v) is 13.7. The van der Waals surface area contributed by atoms with E-state index in [0.717, 1.165) is 17.7 Å². The van der Waals surface area contributed by atoms with Crippen LogP contribution in [-0.2, 0) is 15.0 Å². The number of hydrogen-bond donors (Lipinski definition) is 1. The molecule has 1 fully saturated rings. The summed E-state index contributed by atoms with van der Waals surface area (Å²) in [6.07, 6.45) is 5.45. The van der Waals surface area contributed by atoms with E-state index in [9.17, 15) is 9.59 Å². The maximum absolute atomic E-state index is 11.9. The van der Waals surface area contributed by atoms with Gasteiger partial charge in [-0.2, -0.15) is 0 Å². The number of carboxylic acids is 1. The molecule has 2 rings (SSSR count). The summed E-state index contributed by atoms with van der Waals surface area (Å²) in [6, 6.07) is 7.82. The van der Waals surface area contributed by atoms with Crippen LogP contribution in [0, 0.1) is 5.92 Å². The van der Waals surface area contributed by atoms with Crippen molar-refractivity contribution in [2.75, 3.05) is 6.61 Å². The Morgan fingerprint density at radius 2 is 2.22 bits per heavy atom. The molecule has 0 radical (unpaired) electrons. The summed E-state index contributed by atoms with van der Waals surface area (Å²) in [6.45, 7) is 4.57. The average Bonchev–Trinajstić information content (AvgIpc) is 2.54. The lowest BCUT2D eigenvalue weighted by molar-refractivity contribution is -0.131. The molecule has 1 saturated carbocycles. The van der Waals surface area contributed by atoms with E-state index in [4.69, 9.17) is 9.84 Å². The van der Waals surface area contributed by atoms with Crippen molar-refractivity contribution in [1.82, 2.24) is 0 Å². The van der Waals surface area contributed by atoms with Gasteiger partial charge in [-0.25, -0.2) is 4.79 Å². The summed E-state index contributed by atoms with van der Waals surface area (Å²) >= 11 is 0. The maximum atomic E-state index is 11.9. The Hall–Kier alpha value is -2.10. The number of carbonyl (C=O) groups excluding carboxylic acids is 1. The average molecular weight is 316 g/mol. The number of ether oxygens (including phenoxy) is 1. The highest BCUT2D eigenvalue weighted by atomic mass is 16.5. The van der Waals surface area contributed by atoms with Crippen LogP contribution in [0.4, 0.5) is 0 Å². The second kappa shape index (κ2) is 7.44. The van der Waals surface area contributed by atoms with E-state index in [2.05, 4.69) is 6.92 Å². The summed E-state index contributed by atoms with van der Waals surface area (Å²) < 4.78 is 5.59. The highest BCUT2D eigenvalue weighted by Gasteiger charge is 2.42. The minimum Gasteiger partial charge on any atom is -0.494 e. The molecule has 1 aromatic rings.